The number of rotatable bonds is 18. The van der Waals surface area contributed by atoms with Crippen LogP contribution in [0.5, 0.6) is 0 Å². The number of aromatic nitrogens is 1. The van der Waals surface area contributed by atoms with Gasteiger partial charge in [-0.15, -0.1) is 0 Å². The second kappa shape index (κ2) is 15.9. The maximum absolute atomic E-state index is 11.3. The van der Waals surface area contributed by atoms with Crippen LogP contribution in [0, 0.1) is 17.8 Å². The molecule has 0 saturated heterocycles. The SMILES string of the molecule is CC(C)C(S)Nc1ccc(CCc2cc(CC(CC(=O)O)CC(=O)O)nc(CC(CC(=O)O)CC(=O)O)c2)cc1. The Kier molecular flexibility index (Phi) is 12.9. The van der Waals surface area contributed by atoms with Crippen LogP contribution in [0.25, 0.3) is 0 Å². The number of nitrogens with one attached hydrogen (secondary N) is 1. The molecule has 5 N–H and O–H groups in total. The van der Waals surface area contributed by atoms with Crippen molar-refractivity contribution in [2.75, 3.05) is 5.32 Å². The summed E-state index contributed by atoms with van der Waals surface area (Å²) in [5.41, 5.74) is 3.90. The van der Waals surface area contributed by atoms with Crippen LogP contribution in [0.1, 0.15) is 62.0 Å². The number of hydrogen-bond donors (Lipinski definition) is 6. The Balaban J connectivity index is 2.29. The average Bonchev–Trinajstić information content (AvgIpc) is 2.81. The molecule has 0 amide bonds. The molecule has 0 aliphatic carbocycles. The standard InChI is InChI=1S/C29H38N2O8S/c1-17(2)29(40)31-22-7-5-18(6-8-22)3-4-19-9-23(11-20(13-25(32)33)14-26(34)35)30-24(10-19)12-21(15-27(36)37)16-28(38)39/h5-10,17,20-21,29,31,40H,3-4,11-16H2,1-2H3,(H,32,33)(H,34,35)(H,36,37)(H,38,39). The van der Waals surface area contributed by atoms with Gasteiger partial charge in [-0.1, -0.05) is 26.0 Å². The zero-order valence-electron chi connectivity index (χ0n) is 22.7. The zero-order chi connectivity index (χ0) is 29.8. The molecule has 1 unspecified atom stereocenters. The molecule has 40 heavy (non-hydrogen) atoms. The lowest BCUT2D eigenvalue weighted by molar-refractivity contribution is -0.142. The second-order valence-corrected chi connectivity index (χ2v) is 11.1. The third kappa shape index (κ3) is 12.5. The molecule has 0 fully saturated rings. The summed E-state index contributed by atoms with van der Waals surface area (Å²) in [5, 5.41) is 40.3. The molecule has 218 valence electrons. The molecule has 1 aromatic heterocycles. The first-order valence-electron chi connectivity index (χ1n) is 13.2. The average molecular weight is 575 g/mol. The molecule has 1 atom stereocenters. The van der Waals surface area contributed by atoms with E-state index < -0.39 is 35.7 Å². The van der Waals surface area contributed by atoms with Crippen molar-refractivity contribution in [1.82, 2.24) is 4.98 Å². The fraction of sp³-hybridized carbons (Fsp3) is 0.483. The van der Waals surface area contributed by atoms with E-state index >= 15 is 0 Å². The van der Waals surface area contributed by atoms with Crippen LogP contribution in [0.15, 0.2) is 36.4 Å². The smallest absolute Gasteiger partial charge is 0.303 e. The largest absolute Gasteiger partial charge is 0.481 e. The maximum Gasteiger partial charge on any atom is 0.303 e. The van der Waals surface area contributed by atoms with Gasteiger partial charge in [-0.25, -0.2) is 0 Å². The number of carbonyl (C=O) groups is 4. The first-order valence-corrected chi connectivity index (χ1v) is 13.7. The van der Waals surface area contributed by atoms with Gasteiger partial charge in [0.2, 0.25) is 0 Å². The number of thiol groups is 1. The lowest BCUT2D eigenvalue weighted by atomic mass is 9.92. The van der Waals surface area contributed by atoms with Crippen molar-refractivity contribution < 1.29 is 39.6 Å². The summed E-state index contributed by atoms with van der Waals surface area (Å²) >= 11 is 4.54. The molecule has 11 heteroatoms. The molecule has 0 saturated carbocycles. The van der Waals surface area contributed by atoms with Gasteiger partial charge < -0.3 is 25.7 Å². The van der Waals surface area contributed by atoms with Crippen LogP contribution in [-0.2, 0) is 44.9 Å². The van der Waals surface area contributed by atoms with Crippen LogP contribution in [0.3, 0.4) is 0 Å². The highest BCUT2D eigenvalue weighted by Crippen LogP contribution is 2.22. The quantitative estimate of drug-likeness (QED) is 0.111. The van der Waals surface area contributed by atoms with E-state index in [-0.39, 0.29) is 43.9 Å². The van der Waals surface area contributed by atoms with E-state index in [2.05, 4.69) is 36.8 Å². The molecule has 0 spiro atoms. The normalized spacial score (nSPS) is 12.1. The number of benzene rings is 1. The number of hydrogen-bond acceptors (Lipinski definition) is 7. The van der Waals surface area contributed by atoms with Gasteiger partial charge in [0.05, 0.1) is 5.37 Å². The molecule has 1 heterocycles. The minimum Gasteiger partial charge on any atom is -0.481 e. The Bertz CT molecular complexity index is 1080. The first kappa shape index (κ1) is 32.6. The van der Waals surface area contributed by atoms with Gasteiger partial charge >= 0.3 is 23.9 Å². The number of nitrogens with zero attached hydrogens (tertiary/aromatic N) is 1. The van der Waals surface area contributed by atoms with Gasteiger partial charge in [0.25, 0.3) is 0 Å². The lowest BCUT2D eigenvalue weighted by Gasteiger charge is -2.18. The van der Waals surface area contributed by atoms with Crippen molar-refractivity contribution >= 4 is 42.2 Å². The van der Waals surface area contributed by atoms with Crippen LogP contribution in [0.2, 0.25) is 0 Å². The lowest BCUT2D eigenvalue weighted by Crippen LogP contribution is -2.18. The first-order chi connectivity index (χ1) is 18.8. The molecule has 0 aliphatic rings. The highest BCUT2D eigenvalue weighted by atomic mass is 32.1. The van der Waals surface area contributed by atoms with E-state index in [9.17, 15) is 39.6 Å². The monoisotopic (exact) mass is 574 g/mol. The fourth-order valence-corrected chi connectivity index (χ4v) is 4.63. The van der Waals surface area contributed by atoms with Gasteiger partial charge in [0.1, 0.15) is 0 Å². The Morgan fingerprint density at radius 2 is 1.12 bits per heavy atom. The van der Waals surface area contributed by atoms with E-state index in [0.717, 1.165) is 16.8 Å². The number of aryl methyl sites for hydroxylation is 2. The molecule has 0 aliphatic heterocycles. The van der Waals surface area contributed by atoms with Crippen molar-refractivity contribution in [1.29, 1.82) is 0 Å². The summed E-state index contributed by atoms with van der Waals surface area (Å²) in [4.78, 5) is 49.8. The second-order valence-electron chi connectivity index (χ2n) is 10.5. The maximum atomic E-state index is 11.3. The third-order valence-electron chi connectivity index (χ3n) is 6.44. The van der Waals surface area contributed by atoms with Gasteiger partial charge in [-0.3, -0.25) is 24.2 Å². The molecule has 1 aromatic carbocycles. The predicted octanol–water partition coefficient (Wildman–Crippen LogP) is 4.41. The van der Waals surface area contributed by atoms with Crippen molar-refractivity contribution in [3.63, 3.8) is 0 Å². The van der Waals surface area contributed by atoms with Crippen molar-refractivity contribution in [2.24, 2.45) is 17.8 Å². The number of pyridine rings is 1. The predicted molar refractivity (Wildman–Crippen MR) is 153 cm³/mol. The van der Waals surface area contributed by atoms with Crippen LogP contribution in [-0.4, -0.2) is 54.7 Å². The Hall–Kier alpha value is -3.60. The highest BCUT2D eigenvalue weighted by molar-refractivity contribution is 7.81. The summed E-state index contributed by atoms with van der Waals surface area (Å²) in [7, 11) is 0. The summed E-state index contributed by atoms with van der Waals surface area (Å²) in [6, 6.07) is 11.6. The van der Waals surface area contributed by atoms with Crippen LogP contribution >= 0.6 is 12.6 Å². The minimum absolute atomic E-state index is 0.0247. The van der Waals surface area contributed by atoms with Gasteiger partial charge in [-0.05, 0) is 78.8 Å². The summed E-state index contributed by atoms with van der Waals surface area (Å²) in [6.45, 7) is 4.15. The van der Waals surface area contributed by atoms with E-state index in [4.69, 9.17) is 0 Å². The van der Waals surface area contributed by atoms with E-state index in [0.29, 0.717) is 30.1 Å². The minimum atomic E-state index is -1.11. The van der Waals surface area contributed by atoms with Crippen molar-refractivity contribution in [2.45, 2.75) is 70.6 Å². The molecular formula is C29H38N2O8S. The van der Waals surface area contributed by atoms with E-state index in [1.807, 2.05) is 36.4 Å². The van der Waals surface area contributed by atoms with Crippen LogP contribution in [0.4, 0.5) is 5.69 Å². The molecule has 10 nitrogen and oxygen atoms in total. The summed E-state index contributed by atoms with van der Waals surface area (Å²) in [5.74, 6) is -5.44. The number of anilines is 1. The Morgan fingerprint density at radius 3 is 1.50 bits per heavy atom. The Morgan fingerprint density at radius 1 is 0.725 bits per heavy atom. The van der Waals surface area contributed by atoms with Gasteiger partial charge in [0.15, 0.2) is 0 Å². The van der Waals surface area contributed by atoms with Gasteiger partial charge in [-0.2, -0.15) is 12.6 Å². The number of aliphatic carboxylic acids is 4. The van der Waals surface area contributed by atoms with E-state index in [1.165, 1.54) is 0 Å². The third-order valence-corrected chi connectivity index (χ3v) is 7.17. The topological polar surface area (TPSA) is 174 Å². The summed E-state index contributed by atoms with van der Waals surface area (Å²) < 4.78 is 0. The molecular weight excluding hydrogens is 536 g/mol. The molecule has 2 rings (SSSR count). The zero-order valence-corrected chi connectivity index (χ0v) is 23.6. The number of carboxylic acids is 4. The molecule has 0 bridgehead atoms. The summed E-state index contributed by atoms with van der Waals surface area (Å²) in [6.07, 6.45) is 0.167. The fourth-order valence-electron chi connectivity index (χ4n) is 4.48. The molecule has 0 radical (unpaired) electrons. The number of carboxylic acid groups (broad SMARTS) is 4. The van der Waals surface area contributed by atoms with Crippen molar-refractivity contribution in [3.05, 3.63) is 58.9 Å². The van der Waals surface area contributed by atoms with Crippen molar-refractivity contribution in [3.8, 4) is 0 Å². The highest BCUT2D eigenvalue weighted by Gasteiger charge is 2.21. The molecule has 2 aromatic rings. The van der Waals surface area contributed by atoms with Gasteiger partial charge in [0, 0.05) is 42.8 Å². The van der Waals surface area contributed by atoms with E-state index in [1.54, 1.807) is 0 Å². The Labute approximate surface area is 239 Å². The van der Waals surface area contributed by atoms with Crippen LogP contribution < -0.4 is 5.32 Å².